The van der Waals surface area contributed by atoms with Crippen molar-refractivity contribution in [3.8, 4) is 5.75 Å². The van der Waals surface area contributed by atoms with Gasteiger partial charge in [0.05, 0.1) is 6.61 Å². The molecule has 1 aromatic rings. The molecule has 0 aliphatic heterocycles. The minimum Gasteiger partial charge on any atom is -0.494 e. The Labute approximate surface area is 123 Å². The fourth-order valence-electron chi connectivity index (χ4n) is 1.32. The van der Waals surface area contributed by atoms with Crippen LogP contribution in [0.15, 0.2) is 28.7 Å². The zero-order valence-corrected chi connectivity index (χ0v) is 12.9. The zero-order chi connectivity index (χ0) is 11.8. The summed E-state index contributed by atoms with van der Waals surface area (Å²) in [5.74, 6) is 1.68. The van der Waals surface area contributed by atoms with Gasteiger partial charge in [-0.05, 0) is 43.5 Å². The van der Waals surface area contributed by atoms with Crippen molar-refractivity contribution < 1.29 is 4.74 Å². The van der Waals surface area contributed by atoms with E-state index in [9.17, 15) is 0 Å². The Kier molecular flexibility index (Phi) is 10.1. The van der Waals surface area contributed by atoms with Crippen LogP contribution in [0.25, 0.3) is 0 Å². The summed E-state index contributed by atoms with van der Waals surface area (Å²) in [5, 5.41) is 0. The molecule has 0 bridgehead atoms. The number of unbranched alkanes of at least 4 members (excludes halogenated alkanes) is 1. The number of benzene rings is 1. The van der Waals surface area contributed by atoms with E-state index in [1.54, 1.807) is 0 Å². The molecule has 0 aliphatic rings. The molecule has 2 nitrogen and oxygen atoms in total. The molecule has 0 aromatic heterocycles. The molecule has 1 aromatic carbocycles. The van der Waals surface area contributed by atoms with Crippen molar-refractivity contribution in [3.63, 3.8) is 0 Å². The van der Waals surface area contributed by atoms with Gasteiger partial charge in [-0.3, -0.25) is 0 Å². The van der Waals surface area contributed by atoms with Crippen LogP contribution in [-0.2, 0) is 0 Å². The first-order valence-corrected chi connectivity index (χ1v) is 6.89. The molecule has 0 amide bonds. The van der Waals surface area contributed by atoms with Gasteiger partial charge >= 0.3 is 0 Å². The van der Waals surface area contributed by atoms with Gasteiger partial charge in [-0.1, -0.05) is 15.9 Å². The van der Waals surface area contributed by atoms with Crippen molar-refractivity contribution in [1.29, 1.82) is 0 Å². The van der Waals surface area contributed by atoms with Crippen molar-refractivity contribution in [2.45, 2.75) is 25.3 Å². The lowest BCUT2D eigenvalue weighted by atomic mass is 10.1. The van der Waals surface area contributed by atoms with E-state index in [0.29, 0.717) is 0 Å². The topological polar surface area (TPSA) is 35.2 Å². The molecule has 0 saturated heterocycles. The lowest BCUT2D eigenvalue weighted by Gasteiger charge is -2.08. The highest BCUT2D eigenvalue weighted by atomic mass is 79.9. The predicted octanol–water partition coefficient (Wildman–Crippen LogP) is 3.68. The Morgan fingerprint density at radius 1 is 1.24 bits per heavy atom. The standard InChI is InChI=1S/C12H18BrNOS.ClH/c13-10-4-6-12(7-5-10)15-8-2-1-3-11(14)9-16;/h4-7,11,16H,1-3,8-9,14H2;1H. The second kappa shape index (κ2) is 10.1. The molecule has 98 valence electrons. The molecular weight excluding hydrogens is 322 g/mol. The summed E-state index contributed by atoms with van der Waals surface area (Å²) in [4.78, 5) is 0. The molecule has 0 radical (unpaired) electrons. The lowest BCUT2D eigenvalue weighted by Crippen LogP contribution is -2.21. The molecule has 0 aliphatic carbocycles. The van der Waals surface area contributed by atoms with Gasteiger partial charge in [-0.25, -0.2) is 0 Å². The van der Waals surface area contributed by atoms with E-state index in [0.717, 1.165) is 41.8 Å². The number of nitrogens with two attached hydrogens (primary N) is 1. The highest BCUT2D eigenvalue weighted by Gasteiger charge is 1.99. The van der Waals surface area contributed by atoms with E-state index in [2.05, 4.69) is 28.6 Å². The average Bonchev–Trinajstić information content (AvgIpc) is 2.31. The third kappa shape index (κ3) is 7.92. The Morgan fingerprint density at radius 2 is 1.88 bits per heavy atom. The molecule has 17 heavy (non-hydrogen) atoms. The van der Waals surface area contributed by atoms with E-state index >= 15 is 0 Å². The van der Waals surface area contributed by atoms with E-state index in [4.69, 9.17) is 10.5 Å². The Balaban J connectivity index is 0.00000256. The molecular formula is C12H19BrClNOS. The Morgan fingerprint density at radius 3 is 2.47 bits per heavy atom. The van der Waals surface area contributed by atoms with Crippen LogP contribution < -0.4 is 10.5 Å². The molecule has 1 unspecified atom stereocenters. The summed E-state index contributed by atoms with van der Waals surface area (Å²) < 4.78 is 6.66. The van der Waals surface area contributed by atoms with Gasteiger partial charge in [0.2, 0.25) is 0 Å². The quantitative estimate of drug-likeness (QED) is 0.586. The third-order valence-corrected chi connectivity index (χ3v) is 3.28. The molecule has 5 heteroatoms. The smallest absolute Gasteiger partial charge is 0.119 e. The first-order valence-electron chi connectivity index (χ1n) is 5.47. The van der Waals surface area contributed by atoms with Crippen molar-refractivity contribution >= 4 is 41.0 Å². The van der Waals surface area contributed by atoms with Gasteiger partial charge in [0.25, 0.3) is 0 Å². The summed E-state index contributed by atoms with van der Waals surface area (Å²) in [5.41, 5.74) is 5.76. The molecule has 0 saturated carbocycles. The van der Waals surface area contributed by atoms with Crippen LogP contribution >= 0.6 is 41.0 Å². The maximum absolute atomic E-state index is 5.76. The monoisotopic (exact) mass is 339 g/mol. The van der Waals surface area contributed by atoms with Crippen LogP contribution in [0.2, 0.25) is 0 Å². The van der Waals surface area contributed by atoms with Crippen molar-refractivity contribution in [2.75, 3.05) is 12.4 Å². The van der Waals surface area contributed by atoms with Crippen LogP contribution in [0.4, 0.5) is 0 Å². The van der Waals surface area contributed by atoms with Gasteiger partial charge in [0, 0.05) is 16.3 Å². The Bertz CT molecular complexity index is 297. The molecule has 1 atom stereocenters. The second-order valence-corrected chi connectivity index (χ2v) is 5.02. The number of hydrogen-bond acceptors (Lipinski definition) is 3. The summed E-state index contributed by atoms with van der Waals surface area (Å²) in [6, 6.07) is 8.10. The number of ether oxygens (including phenoxy) is 1. The number of halogens is 2. The average molecular weight is 341 g/mol. The maximum Gasteiger partial charge on any atom is 0.119 e. The van der Waals surface area contributed by atoms with E-state index in [1.807, 2.05) is 24.3 Å². The Hall–Kier alpha value is 0.1000. The highest BCUT2D eigenvalue weighted by molar-refractivity contribution is 9.10. The minimum atomic E-state index is 0. The maximum atomic E-state index is 5.76. The van der Waals surface area contributed by atoms with Crippen LogP contribution in [0.5, 0.6) is 5.75 Å². The van der Waals surface area contributed by atoms with Gasteiger partial charge < -0.3 is 10.5 Å². The van der Waals surface area contributed by atoms with E-state index in [-0.39, 0.29) is 18.4 Å². The molecule has 1 rings (SSSR count). The van der Waals surface area contributed by atoms with Crippen molar-refractivity contribution in [3.05, 3.63) is 28.7 Å². The summed E-state index contributed by atoms with van der Waals surface area (Å²) in [7, 11) is 0. The number of rotatable bonds is 7. The fourth-order valence-corrected chi connectivity index (χ4v) is 1.77. The van der Waals surface area contributed by atoms with Crippen molar-refractivity contribution in [2.24, 2.45) is 5.73 Å². The summed E-state index contributed by atoms with van der Waals surface area (Å²) >= 11 is 7.53. The molecule has 0 heterocycles. The predicted molar refractivity (Wildman–Crippen MR) is 82.6 cm³/mol. The number of hydrogen-bond donors (Lipinski definition) is 2. The summed E-state index contributed by atoms with van der Waals surface area (Å²) in [6.07, 6.45) is 3.16. The van der Waals surface area contributed by atoms with Gasteiger partial charge in [-0.2, -0.15) is 12.6 Å². The first kappa shape index (κ1) is 17.1. The molecule has 0 spiro atoms. The first-order chi connectivity index (χ1) is 7.72. The van der Waals surface area contributed by atoms with Crippen LogP contribution in [-0.4, -0.2) is 18.4 Å². The summed E-state index contributed by atoms with van der Waals surface area (Å²) in [6.45, 7) is 0.751. The largest absolute Gasteiger partial charge is 0.494 e. The lowest BCUT2D eigenvalue weighted by molar-refractivity contribution is 0.304. The highest BCUT2D eigenvalue weighted by Crippen LogP contribution is 2.16. The van der Waals surface area contributed by atoms with Crippen LogP contribution in [0, 0.1) is 0 Å². The zero-order valence-electron chi connectivity index (χ0n) is 9.64. The van der Waals surface area contributed by atoms with Gasteiger partial charge in [0.1, 0.15) is 5.75 Å². The molecule has 2 N–H and O–H groups in total. The minimum absolute atomic E-state index is 0. The van der Waals surface area contributed by atoms with E-state index < -0.39 is 0 Å². The number of thiol groups is 1. The second-order valence-electron chi connectivity index (χ2n) is 3.74. The SMILES string of the molecule is Cl.NC(CS)CCCCOc1ccc(Br)cc1. The third-order valence-electron chi connectivity index (χ3n) is 2.29. The van der Waals surface area contributed by atoms with Crippen LogP contribution in [0.1, 0.15) is 19.3 Å². The van der Waals surface area contributed by atoms with Gasteiger partial charge in [0.15, 0.2) is 0 Å². The van der Waals surface area contributed by atoms with Gasteiger partial charge in [-0.15, -0.1) is 12.4 Å². The molecule has 0 fully saturated rings. The van der Waals surface area contributed by atoms with Crippen molar-refractivity contribution in [1.82, 2.24) is 0 Å². The normalized spacial score (nSPS) is 11.7. The van der Waals surface area contributed by atoms with E-state index in [1.165, 1.54) is 0 Å². The van der Waals surface area contributed by atoms with Crippen LogP contribution in [0.3, 0.4) is 0 Å². The fraction of sp³-hybridized carbons (Fsp3) is 0.500.